The molecule has 1 aliphatic heterocycles. The Hall–Kier alpha value is -2.93. The standard InChI is InChI=1S/C25H31N5O2/c1-16-22-20(15-21(17-8-9-17)27-23(22)30(28-16)25(2,3)4)24(31)26-18-6-5-7-19(14-18)29-10-12-32-13-11-29/h5-7,14-15,17H,8-13H2,1-4H3,(H,26,31). The van der Waals surface area contributed by atoms with Crippen molar-refractivity contribution in [3.63, 3.8) is 0 Å². The molecule has 3 heterocycles. The van der Waals surface area contributed by atoms with E-state index in [-0.39, 0.29) is 11.4 Å². The van der Waals surface area contributed by atoms with Gasteiger partial charge in [0.25, 0.3) is 5.91 Å². The van der Waals surface area contributed by atoms with Crippen LogP contribution in [-0.2, 0) is 10.3 Å². The molecule has 1 saturated heterocycles. The molecular formula is C25H31N5O2. The molecule has 1 aliphatic carbocycles. The number of rotatable bonds is 4. The van der Waals surface area contributed by atoms with Crippen LogP contribution in [0.2, 0.25) is 0 Å². The van der Waals surface area contributed by atoms with Gasteiger partial charge in [0.05, 0.1) is 35.4 Å². The molecule has 1 amide bonds. The summed E-state index contributed by atoms with van der Waals surface area (Å²) in [5, 5.41) is 8.73. The summed E-state index contributed by atoms with van der Waals surface area (Å²) >= 11 is 0. The summed E-state index contributed by atoms with van der Waals surface area (Å²) in [5.74, 6) is 0.328. The van der Waals surface area contributed by atoms with E-state index in [1.165, 1.54) is 0 Å². The first-order valence-corrected chi connectivity index (χ1v) is 11.5. The molecular weight excluding hydrogens is 402 g/mol. The topological polar surface area (TPSA) is 72.3 Å². The van der Waals surface area contributed by atoms with E-state index in [1.54, 1.807) is 0 Å². The first-order chi connectivity index (χ1) is 15.3. The number of fused-ring (bicyclic) bond motifs is 1. The molecule has 0 unspecified atom stereocenters. The number of hydrogen-bond donors (Lipinski definition) is 1. The number of aryl methyl sites for hydroxylation is 1. The molecule has 0 radical (unpaired) electrons. The van der Waals surface area contributed by atoms with Crippen molar-refractivity contribution in [3.05, 3.63) is 47.3 Å². The average Bonchev–Trinajstić information content (AvgIpc) is 3.57. The lowest BCUT2D eigenvalue weighted by atomic mass is 10.1. The monoisotopic (exact) mass is 433 g/mol. The molecule has 1 saturated carbocycles. The molecule has 2 fully saturated rings. The Morgan fingerprint density at radius 1 is 1.16 bits per heavy atom. The van der Waals surface area contributed by atoms with Crippen molar-refractivity contribution in [2.75, 3.05) is 36.5 Å². The summed E-state index contributed by atoms with van der Waals surface area (Å²) in [6.45, 7) is 11.5. The van der Waals surface area contributed by atoms with Gasteiger partial charge in [0.15, 0.2) is 5.65 Å². The summed E-state index contributed by atoms with van der Waals surface area (Å²) in [4.78, 5) is 20.7. The summed E-state index contributed by atoms with van der Waals surface area (Å²) in [5.41, 5.74) is 4.95. The molecule has 7 nitrogen and oxygen atoms in total. The van der Waals surface area contributed by atoms with Crippen LogP contribution < -0.4 is 10.2 Å². The number of anilines is 2. The van der Waals surface area contributed by atoms with Crippen molar-refractivity contribution in [1.29, 1.82) is 0 Å². The number of nitrogens with zero attached hydrogens (tertiary/aromatic N) is 4. The lowest BCUT2D eigenvalue weighted by Gasteiger charge is -2.29. The van der Waals surface area contributed by atoms with E-state index in [2.05, 4.69) is 37.1 Å². The number of ether oxygens (including phenoxy) is 1. The largest absolute Gasteiger partial charge is 0.378 e. The van der Waals surface area contributed by atoms with Crippen LogP contribution in [-0.4, -0.2) is 47.0 Å². The predicted molar refractivity (Wildman–Crippen MR) is 127 cm³/mol. The molecule has 2 aliphatic rings. The predicted octanol–water partition coefficient (Wildman–Crippen LogP) is 4.46. The number of pyridine rings is 1. The van der Waals surface area contributed by atoms with E-state index in [0.717, 1.165) is 72.9 Å². The number of aromatic nitrogens is 3. The normalized spacial score (nSPS) is 17.1. The SMILES string of the molecule is Cc1nn(C(C)(C)C)c2nc(C3CC3)cc(C(=O)Nc3cccc(N4CCOCC4)c3)c12. The number of hydrogen-bond acceptors (Lipinski definition) is 5. The highest BCUT2D eigenvalue weighted by molar-refractivity contribution is 6.12. The fraction of sp³-hybridized carbons (Fsp3) is 0.480. The molecule has 1 aromatic carbocycles. The van der Waals surface area contributed by atoms with Crippen LogP contribution in [0.25, 0.3) is 11.0 Å². The van der Waals surface area contributed by atoms with Crippen molar-refractivity contribution in [2.24, 2.45) is 0 Å². The number of carbonyl (C=O) groups excluding carboxylic acids is 1. The first kappa shape index (κ1) is 20.9. The Bertz CT molecular complexity index is 1170. The van der Waals surface area contributed by atoms with Gasteiger partial charge in [-0.15, -0.1) is 0 Å². The zero-order valence-electron chi connectivity index (χ0n) is 19.3. The zero-order chi connectivity index (χ0) is 22.5. The number of carbonyl (C=O) groups is 1. The summed E-state index contributed by atoms with van der Waals surface area (Å²) < 4.78 is 7.42. The van der Waals surface area contributed by atoms with Crippen molar-refractivity contribution in [2.45, 2.75) is 52.0 Å². The number of morpholine rings is 1. The van der Waals surface area contributed by atoms with Gasteiger partial charge in [-0.25, -0.2) is 9.67 Å². The maximum Gasteiger partial charge on any atom is 0.256 e. The molecule has 2 aromatic heterocycles. The second kappa shape index (κ2) is 7.89. The Morgan fingerprint density at radius 2 is 1.91 bits per heavy atom. The van der Waals surface area contributed by atoms with Crippen LogP contribution in [0.4, 0.5) is 11.4 Å². The Kier molecular flexibility index (Phi) is 5.16. The van der Waals surface area contributed by atoms with Gasteiger partial charge in [0.2, 0.25) is 0 Å². The number of nitrogens with one attached hydrogen (secondary N) is 1. The highest BCUT2D eigenvalue weighted by atomic mass is 16.5. The molecule has 3 aromatic rings. The molecule has 0 atom stereocenters. The number of benzene rings is 1. The Balaban J connectivity index is 1.52. The second-order valence-electron chi connectivity index (χ2n) is 9.84. The third kappa shape index (κ3) is 3.97. The van der Waals surface area contributed by atoms with E-state index >= 15 is 0 Å². The zero-order valence-corrected chi connectivity index (χ0v) is 19.3. The molecule has 1 N–H and O–H groups in total. The fourth-order valence-corrected chi connectivity index (χ4v) is 4.34. The van der Waals surface area contributed by atoms with Gasteiger partial charge >= 0.3 is 0 Å². The maximum atomic E-state index is 13.5. The van der Waals surface area contributed by atoms with Gasteiger partial charge in [-0.2, -0.15) is 5.10 Å². The quantitative estimate of drug-likeness (QED) is 0.658. The first-order valence-electron chi connectivity index (χ1n) is 11.5. The highest BCUT2D eigenvalue weighted by Gasteiger charge is 2.30. The molecule has 7 heteroatoms. The molecule has 0 bridgehead atoms. The minimum atomic E-state index is -0.220. The minimum Gasteiger partial charge on any atom is -0.378 e. The second-order valence-corrected chi connectivity index (χ2v) is 9.84. The van der Waals surface area contributed by atoms with Crippen LogP contribution in [0, 0.1) is 6.92 Å². The molecule has 0 spiro atoms. The lowest BCUT2D eigenvalue weighted by molar-refractivity contribution is 0.102. The van der Waals surface area contributed by atoms with E-state index in [9.17, 15) is 4.79 Å². The third-order valence-corrected chi connectivity index (χ3v) is 6.19. The van der Waals surface area contributed by atoms with Gasteiger partial charge in [-0.1, -0.05) is 6.07 Å². The lowest BCUT2D eigenvalue weighted by Crippen LogP contribution is -2.36. The third-order valence-electron chi connectivity index (χ3n) is 6.19. The summed E-state index contributed by atoms with van der Waals surface area (Å²) in [6.07, 6.45) is 2.26. The average molecular weight is 434 g/mol. The van der Waals surface area contributed by atoms with Crippen molar-refractivity contribution < 1.29 is 9.53 Å². The van der Waals surface area contributed by atoms with Crippen LogP contribution in [0.15, 0.2) is 30.3 Å². The van der Waals surface area contributed by atoms with Crippen LogP contribution in [0.3, 0.4) is 0 Å². The van der Waals surface area contributed by atoms with Crippen LogP contribution in [0.1, 0.15) is 61.3 Å². The fourth-order valence-electron chi connectivity index (χ4n) is 4.34. The maximum absolute atomic E-state index is 13.5. The van der Waals surface area contributed by atoms with Gasteiger partial charge in [0.1, 0.15) is 0 Å². The highest BCUT2D eigenvalue weighted by Crippen LogP contribution is 2.41. The summed E-state index contributed by atoms with van der Waals surface area (Å²) in [6, 6.07) is 10.0. The van der Waals surface area contributed by atoms with Gasteiger partial charge < -0.3 is 15.0 Å². The van der Waals surface area contributed by atoms with Crippen molar-refractivity contribution in [3.8, 4) is 0 Å². The van der Waals surface area contributed by atoms with E-state index < -0.39 is 0 Å². The van der Waals surface area contributed by atoms with Gasteiger partial charge in [-0.3, -0.25) is 4.79 Å². The van der Waals surface area contributed by atoms with Gasteiger partial charge in [0, 0.05) is 36.1 Å². The van der Waals surface area contributed by atoms with E-state index in [4.69, 9.17) is 14.8 Å². The molecule has 168 valence electrons. The van der Waals surface area contributed by atoms with E-state index in [1.807, 2.05) is 35.9 Å². The van der Waals surface area contributed by atoms with Crippen molar-refractivity contribution >= 4 is 28.3 Å². The molecule has 32 heavy (non-hydrogen) atoms. The Labute approximate surface area is 188 Å². The van der Waals surface area contributed by atoms with Crippen LogP contribution >= 0.6 is 0 Å². The van der Waals surface area contributed by atoms with Crippen LogP contribution in [0.5, 0.6) is 0 Å². The Morgan fingerprint density at radius 3 is 2.59 bits per heavy atom. The van der Waals surface area contributed by atoms with E-state index in [0.29, 0.717) is 11.5 Å². The number of amides is 1. The molecule has 5 rings (SSSR count). The van der Waals surface area contributed by atoms with Crippen molar-refractivity contribution in [1.82, 2.24) is 14.8 Å². The minimum absolute atomic E-state index is 0.116. The smallest absolute Gasteiger partial charge is 0.256 e. The van der Waals surface area contributed by atoms with Gasteiger partial charge in [-0.05, 0) is 64.8 Å². The summed E-state index contributed by atoms with van der Waals surface area (Å²) in [7, 11) is 0.